The maximum Gasteiger partial charge on any atom is 0.422 e. The molecular formula is C18H28F3IN4O3. The number of guanidine groups is 1. The van der Waals surface area contributed by atoms with Gasteiger partial charge in [-0.1, -0.05) is 12.1 Å². The Morgan fingerprint density at radius 2 is 1.93 bits per heavy atom. The van der Waals surface area contributed by atoms with Crippen LogP contribution in [0.5, 0.6) is 5.75 Å². The Bertz CT molecular complexity index is 670. The lowest BCUT2D eigenvalue weighted by Crippen LogP contribution is -2.43. The lowest BCUT2D eigenvalue weighted by atomic mass is 10.1. The van der Waals surface area contributed by atoms with Crippen molar-refractivity contribution < 1.29 is 27.4 Å². The number of hydrogen-bond donors (Lipinski definition) is 2. The number of methoxy groups -OCH3 is 1. The third-order valence-electron chi connectivity index (χ3n) is 3.53. The van der Waals surface area contributed by atoms with Gasteiger partial charge in [-0.15, -0.1) is 24.0 Å². The van der Waals surface area contributed by atoms with Crippen molar-refractivity contribution in [2.75, 3.05) is 47.5 Å². The van der Waals surface area contributed by atoms with Crippen LogP contribution in [0.15, 0.2) is 23.2 Å². The number of benzene rings is 1. The minimum Gasteiger partial charge on any atom is -0.484 e. The van der Waals surface area contributed by atoms with Gasteiger partial charge in [0.25, 0.3) is 0 Å². The molecule has 0 aliphatic rings. The van der Waals surface area contributed by atoms with Gasteiger partial charge in [-0.3, -0.25) is 4.79 Å². The Kier molecular flexibility index (Phi) is 12.6. The number of ether oxygens (including phenoxy) is 2. The van der Waals surface area contributed by atoms with E-state index in [-0.39, 0.29) is 48.7 Å². The number of hydrogen-bond acceptors (Lipinski definition) is 4. The topological polar surface area (TPSA) is 75.2 Å². The van der Waals surface area contributed by atoms with E-state index in [1.54, 1.807) is 40.3 Å². The summed E-state index contributed by atoms with van der Waals surface area (Å²) in [5.74, 6) is 0.321. The molecule has 1 rings (SSSR count). The van der Waals surface area contributed by atoms with Crippen LogP contribution in [0.25, 0.3) is 0 Å². The highest BCUT2D eigenvalue weighted by Gasteiger charge is 2.28. The molecule has 0 aromatic heterocycles. The average molecular weight is 532 g/mol. The van der Waals surface area contributed by atoms with Gasteiger partial charge >= 0.3 is 6.18 Å². The van der Waals surface area contributed by atoms with E-state index < -0.39 is 12.8 Å². The number of rotatable bonds is 9. The summed E-state index contributed by atoms with van der Waals surface area (Å²) in [7, 11) is 4.82. The Morgan fingerprint density at radius 1 is 1.24 bits per heavy atom. The molecule has 0 fully saturated rings. The fourth-order valence-electron chi connectivity index (χ4n) is 2.01. The normalized spacial score (nSPS) is 11.5. The number of carbonyl (C=O) groups excluding carboxylic acids is 1. The Morgan fingerprint density at radius 3 is 2.52 bits per heavy atom. The molecule has 0 saturated carbocycles. The summed E-state index contributed by atoms with van der Waals surface area (Å²) in [5, 5.41) is 5.88. The van der Waals surface area contributed by atoms with Crippen LogP contribution in [0.4, 0.5) is 13.2 Å². The van der Waals surface area contributed by atoms with Crippen molar-refractivity contribution >= 4 is 35.8 Å². The highest BCUT2D eigenvalue weighted by Crippen LogP contribution is 2.24. The molecule has 2 N–H and O–H groups in total. The third-order valence-corrected chi connectivity index (χ3v) is 3.53. The zero-order chi connectivity index (χ0) is 21.2. The van der Waals surface area contributed by atoms with E-state index >= 15 is 0 Å². The zero-order valence-electron chi connectivity index (χ0n) is 16.9. The second kappa shape index (κ2) is 13.5. The summed E-state index contributed by atoms with van der Waals surface area (Å²) in [5.41, 5.74) is 1.28. The number of likely N-dealkylation sites (N-methyl/N-ethyl adjacent to an activating group) is 1. The molecule has 0 atom stereocenters. The second-order valence-corrected chi connectivity index (χ2v) is 6.24. The smallest absolute Gasteiger partial charge is 0.422 e. The first-order valence-electron chi connectivity index (χ1n) is 8.62. The Balaban J connectivity index is 0.00000784. The first-order valence-corrected chi connectivity index (χ1v) is 8.62. The van der Waals surface area contributed by atoms with Gasteiger partial charge in [-0.2, -0.15) is 13.2 Å². The fraction of sp³-hybridized carbons (Fsp3) is 0.556. The van der Waals surface area contributed by atoms with Gasteiger partial charge in [-0.25, -0.2) is 4.99 Å². The molecule has 29 heavy (non-hydrogen) atoms. The lowest BCUT2D eigenvalue weighted by molar-refractivity contribution is -0.153. The minimum absolute atomic E-state index is 0. The van der Waals surface area contributed by atoms with Crippen LogP contribution < -0.4 is 15.4 Å². The fourth-order valence-corrected chi connectivity index (χ4v) is 2.01. The van der Waals surface area contributed by atoms with E-state index in [1.807, 2.05) is 0 Å². The van der Waals surface area contributed by atoms with E-state index in [4.69, 9.17) is 9.47 Å². The summed E-state index contributed by atoms with van der Waals surface area (Å²) in [6.07, 6.45) is -4.43. The summed E-state index contributed by atoms with van der Waals surface area (Å²) in [4.78, 5) is 17.5. The molecule has 0 aliphatic carbocycles. The van der Waals surface area contributed by atoms with Gasteiger partial charge < -0.3 is 25.0 Å². The molecule has 7 nitrogen and oxygen atoms in total. The number of aliphatic imine (C=N–C) groups is 1. The predicted octanol–water partition coefficient (Wildman–Crippen LogP) is 2.32. The van der Waals surface area contributed by atoms with E-state index in [2.05, 4.69) is 15.6 Å². The van der Waals surface area contributed by atoms with E-state index in [0.717, 1.165) is 5.56 Å². The lowest BCUT2D eigenvalue weighted by Gasteiger charge is -2.16. The van der Waals surface area contributed by atoms with Gasteiger partial charge in [-0.05, 0) is 18.6 Å². The van der Waals surface area contributed by atoms with Crippen LogP contribution in [-0.2, 0) is 16.1 Å². The second-order valence-electron chi connectivity index (χ2n) is 6.24. The molecule has 0 bridgehead atoms. The van der Waals surface area contributed by atoms with Crippen LogP contribution in [-0.4, -0.2) is 70.5 Å². The van der Waals surface area contributed by atoms with Crippen molar-refractivity contribution in [2.45, 2.75) is 19.6 Å². The molecule has 11 heteroatoms. The minimum atomic E-state index is -4.43. The maximum absolute atomic E-state index is 12.5. The molecule has 0 unspecified atom stereocenters. The molecule has 1 amide bonds. The highest BCUT2D eigenvalue weighted by atomic mass is 127. The SMILES string of the molecule is COCCNC(=NCc1ccc(C)cc1OCC(F)(F)F)NCC(=O)N(C)C.I. The van der Waals surface area contributed by atoms with E-state index in [9.17, 15) is 18.0 Å². The number of nitrogens with zero attached hydrogens (tertiary/aromatic N) is 2. The standard InChI is InChI=1S/C18H27F3N4O3.HI/c1-13-5-6-14(15(9-13)28-12-18(19,20)21)10-23-17(22-7-8-27-4)24-11-16(26)25(2)3;/h5-6,9H,7-8,10-12H2,1-4H3,(H2,22,23,24);1H. The van der Waals surface area contributed by atoms with Gasteiger partial charge in [0.05, 0.1) is 19.7 Å². The summed E-state index contributed by atoms with van der Waals surface area (Å²) >= 11 is 0. The largest absolute Gasteiger partial charge is 0.484 e. The number of nitrogens with one attached hydrogen (secondary N) is 2. The molecule has 0 radical (unpaired) electrons. The van der Waals surface area contributed by atoms with Crippen LogP contribution >= 0.6 is 24.0 Å². The van der Waals surface area contributed by atoms with Crippen molar-refractivity contribution in [2.24, 2.45) is 4.99 Å². The molecule has 0 aliphatic heterocycles. The Labute approximate surface area is 186 Å². The van der Waals surface area contributed by atoms with Crippen molar-refractivity contribution in [1.82, 2.24) is 15.5 Å². The Hall–Kier alpha value is -1.76. The number of amides is 1. The predicted molar refractivity (Wildman–Crippen MR) is 116 cm³/mol. The molecular weight excluding hydrogens is 504 g/mol. The van der Waals surface area contributed by atoms with Gasteiger partial charge in [0.2, 0.25) is 5.91 Å². The number of alkyl halides is 3. The van der Waals surface area contributed by atoms with Gasteiger partial charge in [0.1, 0.15) is 5.75 Å². The number of halogens is 4. The molecule has 0 heterocycles. The molecule has 1 aromatic carbocycles. The molecule has 0 spiro atoms. The molecule has 166 valence electrons. The molecule has 0 saturated heterocycles. The highest BCUT2D eigenvalue weighted by molar-refractivity contribution is 14.0. The number of aryl methyl sites for hydroxylation is 1. The quantitative estimate of drug-likeness (QED) is 0.221. The summed E-state index contributed by atoms with van der Waals surface area (Å²) in [6.45, 7) is 1.36. The van der Waals surface area contributed by atoms with Crippen LogP contribution in [0.1, 0.15) is 11.1 Å². The van der Waals surface area contributed by atoms with Gasteiger partial charge in [0.15, 0.2) is 12.6 Å². The van der Waals surface area contributed by atoms with E-state index in [1.165, 1.54) is 11.0 Å². The van der Waals surface area contributed by atoms with Crippen molar-refractivity contribution in [1.29, 1.82) is 0 Å². The third kappa shape index (κ3) is 11.7. The van der Waals surface area contributed by atoms with Crippen LogP contribution in [0.2, 0.25) is 0 Å². The summed E-state index contributed by atoms with van der Waals surface area (Å²) in [6, 6.07) is 4.98. The zero-order valence-corrected chi connectivity index (χ0v) is 19.3. The van der Waals surface area contributed by atoms with Crippen molar-refractivity contribution in [3.63, 3.8) is 0 Å². The monoisotopic (exact) mass is 532 g/mol. The first kappa shape index (κ1) is 27.2. The van der Waals surface area contributed by atoms with Gasteiger partial charge in [0, 0.05) is 33.3 Å². The van der Waals surface area contributed by atoms with E-state index in [0.29, 0.717) is 24.7 Å². The summed E-state index contributed by atoms with van der Waals surface area (Å²) < 4.78 is 47.3. The maximum atomic E-state index is 12.5. The van der Waals surface area contributed by atoms with Crippen molar-refractivity contribution in [3.05, 3.63) is 29.3 Å². The molecule has 1 aromatic rings. The first-order chi connectivity index (χ1) is 13.1. The number of carbonyl (C=O) groups is 1. The van der Waals surface area contributed by atoms with Crippen LogP contribution in [0.3, 0.4) is 0 Å². The van der Waals surface area contributed by atoms with Crippen LogP contribution in [0, 0.1) is 6.92 Å². The average Bonchev–Trinajstić information content (AvgIpc) is 2.61. The van der Waals surface area contributed by atoms with Crippen molar-refractivity contribution in [3.8, 4) is 5.75 Å².